The van der Waals surface area contributed by atoms with Crippen molar-refractivity contribution in [2.45, 2.75) is 6.92 Å². The molecule has 0 aliphatic rings. The highest BCUT2D eigenvalue weighted by Crippen LogP contribution is 2.22. The Kier molecular flexibility index (Phi) is 3.33. The lowest BCUT2D eigenvalue weighted by molar-refractivity contribution is 0.602. The first-order valence-electron chi connectivity index (χ1n) is 3.86. The molecule has 0 amide bonds. The first kappa shape index (κ1) is 11.3. The number of nitrogens with one attached hydrogen (secondary N) is 1. The van der Waals surface area contributed by atoms with Crippen molar-refractivity contribution in [1.82, 2.24) is 4.98 Å². The fourth-order valence-corrected chi connectivity index (χ4v) is 1.95. The van der Waals surface area contributed by atoms with Gasteiger partial charge in [0, 0.05) is 0 Å². The van der Waals surface area contributed by atoms with Crippen LogP contribution in [0.25, 0.3) is 0 Å². The predicted molar refractivity (Wildman–Crippen MR) is 59.4 cm³/mol. The van der Waals surface area contributed by atoms with Gasteiger partial charge in [0.15, 0.2) is 5.82 Å². The number of nitrogens with zero attached hydrogens (tertiary/aromatic N) is 1. The van der Waals surface area contributed by atoms with Gasteiger partial charge in [0.2, 0.25) is 10.0 Å². The summed E-state index contributed by atoms with van der Waals surface area (Å²) < 4.78 is 25.3. The largest absolute Gasteiger partial charge is 0.397 e. The van der Waals surface area contributed by atoms with Gasteiger partial charge < -0.3 is 5.73 Å². The Morgan fingerprint density at radius 3 is 2.79 bits per heavy atom. The molecule has 0 unspecified atom stereocenters. The van der Waals surface area contributed by atoms with Crippen molar-refractivity contribution in [2.24, 2.45) is 0 Å². The van der Waals surface area contributed by atoms with Crippen LogP contribution in [0.15, 0.2) is 16.7 Å². The van der Waals surface area contributed by atoms with E-state index in [2.05, 4.69) is 25.6 Å². The molecule has 78 valence electrons. The topological polar surface area (TPSA) is 85.1 Å². The molecule has 1 aromatic heterocycles. The molecule has 0 bridgehead atoms. The molecule has 0 aromatic carbocycles. The van der Waals surface area contributed by atoms with Crippen molar-refractivity contribution < 1.29 is 8.42 Å². The van der Waals surface area contributed by atoms with Crippen molar-refractivity contribution >= 4 is 37.5 Å². The Morgan fingerprint density at radius 2 is 2.29 bits per heavy atom. The monoisotopic (exact) mass is 279 g/mol. The molecular weight excluding hydrogens is 270 g/mol. The summed E-state index contributed by atoms with van der Waals surface area (Å²) in [6.45, 7) is 1.55. The summed E-state index contributed by atoms with van der Waals surface area (Å²) in [5, 5.41) is 0. The molecule has 0 saturated heterocycles. The number of nitrogens with two attached hydrogens (primary N) is 1. The number of aromatic nitrogens is 1. The summed E-state index contributed by atoms with van der Waals surface area (Å²) in [4.78, 5) is 3.85. The molecule has 1 heterocycles. The number of nitrogen functional groups attached to an aromatic ring is 1. The standard InChI is InChI=1S/C7H10BrN3O2S/c1-2-14(12,13)11-7-6(8)3-5(9)4-10-7/h3-4H,2,9H2,1H3,(H,10,11). The van der Waals surface area contributed by atoms with Crippen LogP contribution in [0.3, 0.4) is 0 Å². The van der Waals surface area contributed by atoms with Gasteiger partial charge in [0.1, 0.15) is 0 Å². The molecule has 1 rings (SSSR count). The van der Waals surface area contributed by atoms with Gasteiger partial charge in [0.05, 0.1) is 22.1 Å². The van der Waals surface area contributed by atoms with E-state index in [0.717, 1.165) is 0 Å². The molecule has 5 nitrogen and oxygen atoms in total. The number of hydrogen-bond donors (Lipinski definition) is 2. The number of rotatable bonds is 3. The van der Waals surface area contributed by atoms with Crippen molar-refractivity contribution in [3.05, 3.63) is 16.7 Å². The molecule has 7 heteroatoms. The zero-order valence-electron chi connectivity index (χ0n) is 7.49. The summed E-state index contributed by atoms with van der Waals surface area (Å²) in [5.41, 5.74) is 5.92. The summed E-state index contributed by atoms with van der Waals surface area (Å²) in [5.74, 6) is 0.256. The SMILES string of the molecule is CCS(=O)(=O)Nc1ncc(N)cc1Br. The van der Waals surface area contributed by atoms with Crippen molar-refractivity contribution in [3.8, 4) is 0 Å². The van der Waals surface area contributed by atoms with Gasteiger partial charge in [-0.2, -0.15) is 0 Å². The summed E-state index contributed by atoms with van der Waals surface area (Å²) >= 11 is 3.16. The Bertz CT molecular complexity index is 433. The predicted octanol–water partition coefficient (Wildman–Crippen LogP) is 1.19. The van der Waals surface area contributed by atoms with Crippen LogP contribution in [-0.4, -0.2) is 19.2 Å². The van der Waals surface area contributed by atoms with E-state index < -0.39 is 10.0 Å². The molecule has 3 N–H and O–H groups in total. The van der Waals surface area contributed by atoms with E-state index >= 15 is 0 Å². The lowest BCUT2D eigenvalue weighted by Gasteiger charge is -2.06. The Balaban J connectivity index is 2.99. The highest BCUT2D eigenvalue weighted by molar-refractivity contribution is 9.10. The number of halogens is 1. The van der Waals surface area contributed by atoms with Gasteiger partial charge in [-0.3, -0.25) is 4.72 Å². The maximum Gasteiger partial charge on any atom is 0.233 e. The molecule has 0 saturated carbocycles. The van der Waals surface area contributed by atoms with Crippen molar-refractivity contribution in [3.63, 3.8) is 0 Å². The fraction of sp³-hybridized carbons (Fsp3) is 0.286. The summed E-state index contributed by atoms with van der Waals surface area (Å²) in [6.07, 6.45) is 1.39. The van der Waals surface area contributed by atoms with Crippen LogP contribution in [-0.2, 0) is 10.0 Å². The lowest BCUT2D eigenvalue weighted by Crippen LogP contribution is -2.15. The molecular formula is C7H10BrN3O2S. The normalized spacial score (nSPS) is 11.3. The Labute approximate surface area is 90.9 Å². The fourth-order valence-electron chi connectivity index (χ4n) is 0.747. The second kappa shape index (κ2) is 4.14. The summed E-state index contributed by atoms with van der Waals surface area (Å²) in [6, 6.07) is 1.58. The molecule has 14 heavy (non-hydrogen) atoms. The second-order valence-corrected chi connectivity index (χ2v) is 5.47. The van der Waals surface area contributed by atoms with E-state index in [4.69, 9.17) is 5.73 Å². The van der Waals surface area contributed by atoms with Gasteiger partial charge in [-0.15, -0.1) is 0 Å². The van der Waals surface area contributed by atoms with Gasteiger partial charge in [-0.25, -0.2) is 13.4 Å². The maximum atomic E-state index is 11.2. The average molecular weight is 280 g/mol. The minimum absolute atomic E-state index is 0.00545. The van der Waals surface area contributed by atoms with Gasteiger partial charge >= 0.3 is 0 Å². The molecule has 0 radical (unpaired) electrons. The highest BCUT2D eigenvalue weighted by atomic mass is 79.9. The van der Waals surface area contributed by atoms with Crippen LogP contribution in [0.1, 0.15) is 6.92 Å². The third-order valence-corrected chi connectivity index (χ3v) is 3.36. The number of anilines is 2. The minimum atomic E-state index is -3.29. The Hall–Kier alpha value is -0.820. The van der Waals surface area contributed by atoms with Gasteiger partial charge in [-0.1, -0.05) is 0 Å². The van der Waals surface area contributed by atoms with Crippen molar-refractivity contribution in [1.29, 1.82) is 0 Å². The maximum absolute atomic E-state index is 11.2. The van der Waals surface area contributed by atoms with Crippen LogP contribution in [0.4, 0.5) is 11.5 Å². The minimum Gasteiger partial charge on any atom is -0.397 e. The quantitative estimate of drug-likeness (QED) is 0.870. The average Bonchev–Trinajstić information content (AvgIpc) is 2.10. The van der Waals surface area contributed by atoms with Crippen LogP contribution < -0.4 is 10.5 Å². The summed E-state index contributed by atoms with van der Waals surface area (Å²) in [7, 11) is -3.29. The van der Waals surface area contributed by atoms with Crippen LogP contribution in [0.2, 0.25) is 0 Å². The zero-order chi connectivity index (χ0) is 10.8. The zero-order valence-corrected chi connectivity index (χ0v) is 9.89. The third-order valence-electron chi connectivity index (χ3n) is 1.49. The van der Waals surface area contributed by atoms with E-state index in [-0.39, 0.29) is 11.6 Å². The first-order chi connectivity index (χ1) is 6.44. The molecule has 0 fully saturated rings. The van der Waals surface area contributed by atoms with E-state index in [1.54, 1.807) is 13.0 Å². The second-order valence-electron chi connectivity index (χ2n) is 2.60. The molecule has 0 atom stereocenters. The Morgan fingerprint density at radius 1 is 1.64 bits per heavy atom. The lowest BCUT2D eigenvalue weighted by atomic mass is 10.4. The van der Waals surface area contributed by atoms with Crippen LogP contribution in [0.5, 0.6) is 0 Å². The van der Waals surface area contributed by atoms with Gasteiger partial charge in [-0.05, 0) is 28.9 Å². The van der Waals surface area contributed by atoms with E-state index in [1.165, 1.54) is 6.20 Å². The first-order valence-corrected chi connectivity index (χ1v) is 6.30. The third kappa shape index (κ3) is 2.85. The number of pyridine rings is 1. The van der Waals surface area contributed by atoms with Crippen molar-refractivity contribution in [2.75, 3.05) is 16.2 Å². The van der Waals surface area contributed by atoms with Crippen LogP contribution in [0, 0.1) is 0 Å². The smallest absolute Gasteiger partial charge is 0.233 e. The molecule has 1 aromatic rings. The highest BCUT2D eigenvalue weighted by Gasteiger charge is 2.10. The molecule has 0 aliphatic carbocycles. The van der Waals surface area contributed by atoms with E-state index in [9.17, 15) is 8.42 Å². The van der Waals surface area contributed by atoms with Gasteiger partial charge in [0.25, 0.3) is 0 Å². The molecule has 0 spiro atoms. The van der Waals surface area contributed by atoms with E-state index in [0.29, 0.717) is 10.2 Å². The number of sulfonamides is 1. The van der Waals surface area contributed by atoms with Crippen LogP contribution >= 0.6 is 15.9 Å². The number of hydrogen-bond acceptors (Lipinski definition) is 4. The van der Waals surface area contributed by atoms with E-state index in [1.807, 2.05) is 0 Å². The molecule has 0 aliphatic heterocycles.